The van der Waals surface area contributed by atoms with Crippen LogP contribution in [-0.4, -0.2) is 31.8 Å². The largest absolute Gasteiger partial charge is 0.380 e. The van der Waals surface area contributed by atoms with Gasteiger partial charge >= 0.3 is 0 Å². The molecule has 0 bridgehead atoms. The standard InChI is InChI=1S/C18H32N2O/c1-7-20(11-12-21-8-2)17-10-9-16(15(3)13-17)14-19-18(4,5)6/h9-10,13,19H,7-8,11-12,14H2,1-6H3. The molecular weight excluding hydrogens is 260 g/mol. The summed E-state index contributed by atoms with van der Waals surface area (Å²) >= 11 is 0. The molecule has 0 aliphatic carbocycles. The Morgan fingerprint density at radius 1 is 1.19 bits per heavy atom. The highest BCUT2D eigenvalue weighted by molar-refractivity contribution is 5.50. The number of hydrogen-bond donors (Lipinski definition) is 1. The number of aryl methyl sites for hydroxylation is 1. The molecule has 0 aliphatic heterocycles. The Bertz CT molecular complexity index is 424. The minimum absolute atomic E-state index is 0.151. The molecule has 1 aromatic carbocycles. The molecule has 1 N–H and O–H groups in total. The zero-order chi connectivity index (χ0) is 15.9. The van der Waals surface area contributed by atoms with Crippen LogP contribution in [0.4, 0.5) is 5.69 Å². The lowest BCUT2D eigenvalue weighted by Gasteiger charge is -2.25. The number of anilines is 1. The number of nitrogens with zero attached hydrogens (tertiary/aromatic N) is 1. The Kier molecular flexibility index (Phi) is 7.20. The average Bonchev–Trinajstić information content (AvgIpc) is 2.41. The van der Waals surface area contributed by atoms with E-state index in [2.05, 4.69) is 63.0 Å². The predicted octanol–water partition coefficient (Wildman–Crippen LogP) is 3.75. The third-order valence-corrected chi connectivity index (χ3v) is 3.59. The van der Waals surface area contributed by atoms with Gasteiger partial charge in [-0.1, -0.05) is 6.07 Å². The van der Waals surface area contributed by atoms with E-state index >= 15 is 0 Å². The van der Waals surface area contributed by atoms with E-state index in [4.69, 9.17) is 4.74 Å². The lowest BCUT2D eigenvalue weighted by atomic mass is 10.0. The summed E-state index contributed by atoms with van der Waals surface area (Å²) in [4.78, 5) is 2.36. The van der Waals surface area contributed by atoms with Gasteiger partial charge in [0.15, 0.2) is 0 Å². The molecule has 1 aromatic rings. The molecule has 0 amide bonds. The zero-order valence-electron chi connectivity index (χ0n) is 14.6. The van der Waals surface area contributed by atoms with Gasteiger partial charge in [0, 0.05) is 37.5 Å². The van der Waals surface area contributed by atoms with E-state index in [0.29, 0.717) is 0 Å². The van der Waals surface area contributed by atoms with Crippen molar-refractivity contribution in [3.05, 3.63) is 29.3 Å². The minimum atomic E-state index is 0.151. The van der Waals surface area contributed by atoms with Gasteiger partial charge in [0.2, 0.25) is 0 Å². The number of likely N-dealkylation sites (N-methyl/N-ethyl adjacent to an activating group) is 1. The number of nitrogens with one attached hydrogen (secondary N) is 1. The molecule has 0 radical (unpaired) electrons. The molecule has 120 valence electrons. The Morgan fingerprint density at radius 2 is 1.90 bits per heavy atom. The van der Waals surface area contributed by atoms with E-state index in [9.17, 15) is 0 Å². The van der Waals surface area contributed by atoms with Gasteiger partial charge in [-0.25, -0.2) is 0 Å². The maximum absolute atomic E-state index is 5.47. The number of ether oxygens (including phenoxy) is 1. The molecule has 3 heteroatoms. The van der Waals surface area contributed by atoms with Gasteiger partial charge in [0.05, 0.1) is 6.61 Å². The van der Waals surface area contributed by atoms with Crippen LogP contribution in [0.1, 0.15) is 45.7 Å². The molecule has 0 spiro atoms. The SMILES string of the molecule is CCOCCN(CC)c1ccc(CNC(C)(C)C)c(C)c1. The first-order valence-corrected chi connectivity index (χ1v) is 8.04. The molecule has 3 nitrogen and oxygen atoms in total. The topological polar surface area (TPSA) is 24.5 Å². The van der Waals surface area contributed by atoms with Gasteiger partial charge < -0.3 is 15.0 Å². The van der Waals surface area contributed by atoms with Crippen molar-refractivity contribution in [3.8, 4) is 0 Å². The van der Waals surface area contributed by atoms with E-state index in [1.165, 1.54) is 16.8 Å². The molecule has 0 saturated carbocycles. The highest BCUT2D eigenvalue weighted by Gasteiger charge is 2.11. The second kappa shape index (κ2) is 8.40. The summed E-state index contributed by atoms with van der Waals surface area (Å²) in [6, 6.07) is 6.75. The van der Waals surface area contributed by atoms with Crippen LogP contribution in [0.25, 0.3) is 0 Å². The molecule has 21 heavy (non-hydrogen) atoms. The summed E-state index contributed by atoms with van der Waals surface area (Å²) in [5.74, 6) is 0. The van der Waals surface area contributed by atoms with Gasteiger partial charge in [0.1, 0.15) is 0 Å². The van der Waals surface area contributed by atoms with Crippen LogP contribution >= 0.6 is 0 Å². The van der Waals surface area contributed by atoms with Crippen molar-refractivity contribution in [1.29, 1.82) is 0 Å². The summed E-state index contributed by atoms with van der Waals surface area (Å²) < 4.78 is 5.47. The first kappa shape index (κ1) is 18.0. The second-order valence-corrected chi connectivity index (χ2v) is 6.49. The first-order valence-electron chi connectivity index (χ1n) is 8.04. The summed E-state index contributed by atoms with van der Waals surface area (Å²) in [7, 11) is 0. The minimum Gasteiger partial charge on any atom is -0.380 e. The Labute approximate surface area is 130 Å². The lowest BCUT2D eigenvalue weighted by Crippen LogP contribution is -2.35. The molecule has 0 fully saturated rings. The quantitative estimate of drug-likeness (QED) is 0.739. The monoisotopic (exact) mass is 292 g/mol. The van der Waals surface area contributed by atoms with Crippen molar-refractivity contribution < 1.29 is 4.74 Å². The van der Waals surface area contributed by atoms with Crippen LogP contribution in [0.2, 0.25) is 0 Å². The van der Waals surface area contributed by atoms with Crippen LogP contribution in [0, 0.1) is 6.92 Å². The van der Waals surface area contributed by atoms with Gasteiger partial charge in [-0.05, 0) is 64.8 Å². The molecule has 0 aromatic heterocycles. The van der Waals surface area contributed by atoms with E-state index in [1.54, 1.807) is 0 Å². The lowest BCUT2D eigenvalue weighted by molar-refractivity contribution is 0.154. The normalized spacial score (nSPS) is 11.7. The highest BCUT2D eigenvalue weighted by atomic mass is 16.5. The molecule has 0 heterocycles. The van der Waals surface area contributed by atoms with Crippen LogP contribution in [0.15, 0.2) is 18.2 Å². The fourth-order valence-electron chi connectivity index (χ4n) is 2.22. The number of rotatable bonds is 8. The van der Waals surface area contributed by atoms with Crippen LogP contribution in [-0.2, 0) is 11.3 Å². The molecule has 0 saturated heterocycles. The fourth-order valence-corrected chi connectivity index (χ4v) is 2.22. The molecular formula is C18H32N2O. The van der Waals surface area contributed by atoms with Crippen LogP contribution in [0.3, 0.4) is 0 Å². The van der Waals surface area contributed by atoms with Crippen molar-refractivity contribution in [2.24, 2.45) is 0 Å². The second-order valence-electron chi connectivity index (χ2n) is 6.49. The van der Waals surface area contributed by atoms with E-state index in [0.717, 1.165) is 32.8 Å². The van der Waals surface area contributed by atoms with Crippen LogP contribution in [0.5, 0.6) is 0 Å². The first-order chi connectivity index (χ1) is 9.87. The van der Waals surface area contributed by atoms with E-state index < -0.39 is 0 Å². The van der Waals surface area contributed by atoms with Gasteiger partial charge in [0.25, 0.3) is 0 Å². The summed E-state index contributed by atoms with van der Waals surface area (Å²) in [5.41, 5.74) is 4.15. The summed E-state index contributed by atoms with van der Waals surface area (Å²) in [6.07, 6.45) is 0. The summed E-state index contributed by atoms with van der Waals surface area (Å²) in [6.45, 7) is 17.5. The van der Waals surface area contributed by atoms with Gasteiger partial charge in [-0.2, -0.15) is 0 Å². The predicted molar refractivity (Wildman–Crippen MR) is 92.2 cm³/mol. The third-order valence-electron chi connectivity index (χ3n) is 3.59. The van der Waals surface area contributed by atoms with Gasteiger partial charge in [-0.3, -0.25) is 0 Å². The maximum Gasteiger partial charge on any atom is 0.0641 e. The molecule has 0 atom stereocenters. The van der Waals surface area contributed by atoms with Crippen molar-refractivity contribution in [1.82, 2.24) is 5.32 Å². The van der Waals surface area contributed by atoms with Crippen LogP contribution < -0.4 is 10.2 Å². The van der Waals surface area contributed by atoms with Crippen molar-refractivity contribution in [3.63, 3.8) is 0 Å². The van der Waals surface area contributed by atoms with Crippen molar-refractivity contribution >= 4 is 5.69 Å². The Morgan fingerprint density at radius 3 is 2.43 bits per heavy atom. The van der Waals surface area contributed by atoms with Crippen molar-refractivity contribution in [2.45, 2.75) is 53.6 Å². The van der Waals surface area contributed by atoms with E-state index in [-0.39, 0.29) is 5.54 Å². The smallest absolute Gasteiger partial charge is 0.0641 e. The third kappa shape index (κ3) is 6.49. The summed E-state index contributed by atoms with van der Waals surface area (Å²) in [5, 5.41) is 3.55. The zero-order valence-corrected chi connectivity index (χ0v) is 14.6. The van der Waals surface area contributed by atoms with E-state index in [1.807, 2.05) is 6.92 Å². The highest BCUT2D eigenvalue weighted by Crippen LogP contribution is 2.19. The van der Waals surface area contributed by atoms with Crippen molar-refractivity contribution in [2.75, 3.05) is 31.2 Å². The van der Waals surface area contributed by atoms with Gasteiger partial charge in [-0.15, -0.1) is 0 Å². The Balaban J connectivity index is 2.71. The average molecular weight is 292 g/mol. The number of benzene rings is 1. The Hall–Kier alpha value is -1.06. The number of hydrogen-bond acceptors (Lipinski definition) is 3. The fraction of sp³-hybridized carbons (Fsp3) is 0.667. The molecule has 0 unspecified atom stereocenters. The molecule has 0 aliphatic rings. The molecule has 1 rings (SSSR count). The maximum atomic E-state index is 5.47.